The summed E-state index contributed by atoms with van der Waals surface area (Å²) in [6.07, 6.45) is -2.74. The maximum absolute atomic E-state index is 12.5. The van der Waals surface area contributed by atoms with Crippen LogP contribution in [0.4, 0.5) is 24.8 Å². The van der Waals surface area contributed by atoms with E-state index in [0.717, 1.165) is 12.8 Å². The van der Waals surface area contributed by atoms with Gasteiger partial charge in [0.1, 0.15) is 11.6 Å². The summed E-state index contributed by atoms with van der Waals surface area (Å²) >= 11 is 0. The summed E-state index contributed by atoms with van der Waals surface area (Å²) in [5.41, 5.74) is 5.34. The molecule has 0 fully saturated rings. The summed E-state index contributed by atoms with van der Waals surface area (Å²) in [6.45, 7) is 2.63. The predicted molar refractivity (Wildman–Crippen MR) is 59.6 cm³/mol. The number of anilines is 2. The number of rotatable bonds is 4. The normalized spacial score (nSPS) is 11.6. The molecule has 0 spiro atoms. The van der Waals surface area contributed by atoms with Crippen molar-refractivity contribution in [3.63, 3.8) is 0 Å². The molecule has 0 atom stereocenters. The fourth-order valence-corrected chi connectivity index (χ4v) is 1.28. The minimum Gasteiger partial charge on any atom is -0.384 e. The number of nitrogens with zero attached hydrogens (tertiary/aromatic N) is 3. The monoisotopic (exact) mass is 248 g/mol. The zero-order chi connectivity index (χ0) is 13.1. The second-order valence-electron chi connectivity index (χ2n) is 3.75. The SMILES string of the molecule is CCCCN(C)c1cc(N)nc(C(F)(F)F)n1. The number of hydrogen-bond acceptors (Lipinski definition) is 4. The van der Waals surface area contributed by atoms with Gasteiger partial charge in [-0.3, -0.25) is 0 Å². The Morgan fingerprint density at radius 2 is 2.00 bits per heavy atom. The molecule has 1 aromatic rings. The van der Waals surface area contributed by atoms with Gasteiger partial charge in [-0.15, -0.1) is 0 Å². The van der Waals surface area contributed by atoms with Crippen LogP contribution in [0.2, 0.25) is 0 Å². The van der Waals surface area contributed by atoms with Crippen molar-refractivity contribution in [1.82, 2.24) is 9.97 Å². The molecule has 0 bridgehead atoms. The number of unbranched alkanes of at least 4 members (excludes halogenated alkanes) is 1. The highest BCUT2D eigenvalue weighted by Crippen LogP contribution is 2.28. The topological polar surface area (TPSA) is 55.0 Å². The van der Waals surface area contributed by atoms with Gasteiger partial charge >= 0.3 is 6.18 Å². The van der Waals surface area contributed by atoms with E-state index in [0.29, 0.717) is 6.54 Å². The molecule has 0 unspecified atom stereocenters. The molecule has 2 N–H and O–H groups in total. The van der Waals surface area contributed by atoms with Crippen LogP contribution in [0.5, 0.6) is 0 Å². The van der Waals surface area contributed by atoms with Crippen molar-refractivity contribution < 1.29 is 13.2 Å². The Balaban J connectivity index is 2.97. The van der Waals surface area contributed by atoms with Crippen molar-refractivity contribution in [1.29, 1.82) is 0 Å². The van der Waals surface area contributed by atoms with Crippen LogP contribution in [0.1, 0.15) is 25.6 Å². The quantitative estimate of drug-likeness (QED) is 0.888. The van der Waals surface area contributed by atoms with Gasteiger partial charge in [0.15, 0.2) is 0 Å². The zero-order valence-corrected chi connectivity index (χ0v) is 9.75. The van der Waals surface area contributed by atoms with E-state index in [-0.39, 0.29) is 11.6 Å². The average Bonchev–Trinajstić information content (AvgIpc) is 2.23. The molecule has 0 aliphatic carbocycles. The molecule has 0 saturated heterocycles. The fraction of sp³-hybridized carbons (Fsp3) is 0.600. The van der Waals surface area contributed by atoms with Crippen molar-refractivity contribution in [2.24, 2.45) is 0 Å². The predicted octanol–water partition coefficient (Wildman–Crippen LogP) is 2.31. The number of alkyl halides is 3. The number of nitrogen functional groups attached to an aromatic ring is 1. The third kappa shape index (κ3) is 3.76. The summed E-state index contributed by atoms with van der Waals surface area (Å²) in [6, 6.07) is 1.34. The molecular formula is C10H15F3N4. The molecular weight excluding hydrogens is 233 g/mol. The minimum absolute atomic E-state index is 0.175. The Bertz CT molecular complexity index is 378. The van der Waals surface area contributed by atoms with Gasteiger partial charge in [0, 0.05) is 19.7 Å². The van der Waals surface area contributed by atoms with Crippen molar-refractivity contribution in [2.75, 3.05) is 24.2 Å². The lowest BCUT2D eigenvalue weighted by atomic mass is 10.3. The number of halogens is 3. The third-order valence-corrected chi connectivity index (χ3v) is 2.22. The highest BCUT2D eigenvalue weighted by molar-refractivity contribution is 5.46. The van der Waals surface area contributed by atoms with E-state index in [4.69, 9.17) is 5.73 Å². The van der Waals surface area contributed by atoms with Gasteiger partial charge in [-0.1, -0.05) is 13.3 Å². The standard InChI is InChI=1S/C10H15F3N4/c1-3-4-5-17(2)8-6-7(14)15-9(16-8)10(11,12)13/h6H,3-5H2,1-2H3,(H2,14,15,16). The molecule has 1 aromatic heterocycles. The van der Waals surface area contributed by atoms with Crippen LogP contribution in [0.15, 0.2) is 6.07 Å². The second-order valence-corrected chi connectivity index (χ2v) is 3.75. The van der Waals surface area contributed by atoms with E-state index in [1.807, 2.05) is 6.92 Å². The number of hydrogen-bond donors (Lipinski definition) is 1. The molecule has 0 aliphatic heterocycles. The van der Waals surface area contributed by atoms with Crippen LogP contribution in [-0.4, -0.2) is 23.6 Å². The third-order valence-electron chi connectivity index (χ3n) is 2.22. The molecule has 0 amide bonds. The Kier molecular flexibility index (Phi) is 4.14. The Hall–Kier alpha value is -1.53. The molecule has 4 nitrogen and oxygen atoms in total. The van der Waals surface area contributed by atoms with Crippen molar-refractivity contribution in [2.45, 2.75) is 25.9 Å². The van der Waals surface area contributed by atoms with Crippen molar-refractivity contribution in [3.05, 3.63) is 11.9 Å². The van der Waals surface area contributed by atoms with E-state index in [1.54, 1.807) is 11.9 Å². The maximum Gasteiger partial charge on any atom is 0.451 e. The zero-order valence-electron chi connectivity index (χ0n) is 9.75. The van der Waals surface area contributed by atoms with Crippen LogP contribution >= 0.6 is 0 Å². The van der Waals surface area contributed by atoms with Crippen LogP contribution in [-0.2, 0) is 6.18 Å². The molecule has 0 saturated carbocycles. The highest BCUT2D eigenvalue weighted by atomic mass is 19.4. The van der Waals surface area contributed by atoms with E-state index < -0.39 is 12.0 Å². The second kappa shape index (κ2) is 5.20. The molecule has 0 aromatic carbocycles. The average molecular weight is 248 g/mol. The largest absolute Gasteiger partial charge is 0.451 e. The fourth-order valence-electron chi connectivity index (χ4n) is 1.28. The summed E-state index contributed by atoms with van der Waals surface area (Å²) in [4.78, 5) is 8.29. The van der Waals surface area contributed by atoms with E-state index in [2.05, 4.69) is 9.97 Å². The summed E-state index contributed by atoms with van der Waals surface area (Å²) in [5.74, 6) is -1.18. The minimum atomic E-state index is -4.57. The molecule has 0 radical (unpaired) electrons. The molecule has 17 heavy (non-hydrogen) atoms. The van der Waals surface area contributed by atoms with Gasteiger partial charge in [-0.05, 0) is 6.42 Å². The molecule has 1 rings (SSSR count). The molecule has 0 aliphatic rings. The first-order valence-electron chi connectivity index (χ1n) is 5.27. The lowest BCUT2D eigenvalue weighted by molar-refractivity contribution is -0.144. The Morgan fingerprint density at radius 3 is 2.53 bits per heavy atom. The van der Waals surface area contributed by atoms with Gasteiger partial charge in [-0.2, -0.15) is 13.2 Å². The first kappa shape index (κ1) is 13.5. The summed E-state index contributed by atoms with van der Waals surface area (Å²) in [5, 5.41) is 0. The first-order chi connectivity index (χ1) is 7.84. The lowest BCUT2D eigenvalue weighted by Crippen LogP contribution is -2.22. The van der Waals surface area contributed by atoms with E-state index >= 15 is 0 Å². The Labute approximate surface area is 97.7 Å². The van der Waals surface area contributed by atoms with Crippen LogP contribution in [0, 0.1) is 0 Å². The molecule has 96 valence electrons. The van der Waals surface area contributed by atoms with Gasteiger partial charge in [0.25, 0.3) is 0 Å². The van der Waals surface area contributed by atoms with Gasteiger partial charge in [0.2, 0.25) is 5.82 Å². The highest BCUT2D eigenvalue weighted by Gasteiger charge is 2.35. The van der Waals surface area contributed by atoms with E-state index in [9.17, 15) is 13.2 Å². The van der Waals surface area contributed by atoms with Crippen molar-refractivity contribution >= 4 is 11.6 Å². The summed E-state index contributed by atoms with van der Waals surface area (Å²) in [7, 11) is 1.68. The van der Waals surface area contributed by atoms with E-state index in [1.165, 1.54) is 6.07 Å². The molecule has 7 heteroatoms. The summed E-state index contributed by atoms with van der Waals surface area (Å²) < 4.78 is 37.4. The van der Waals surface area contributed by atoms with Gasteiger partial charge in [-0.25, -0.2) is 9.97 Å². The maximum atomic E-state index is 12.5. The van der Waals surface area contributed by atoms with Crippen molar-refractivity contribution in [3.8, 4) is 0 Å². The lowest BCUT2D eigenvalue weighted by Gasteiger charge is -2.19. The Morgan fingerprint density at radius 1 is 1.35 bits per heavy atom. The van der Waals surface area contributed by atoms with Gasteiger partial charge < -0.3 is 10.6 Å². The smallest absolute Gasteiger partial charge is 0.384 e. The molecule has 1 heterocycles. The number of aromatic nitrogens is 2. The first-order valence-corrected chi connectivity index (χ1v) is 5.27. The van der Waals surface area contributed by atoms with Gasteiger partial charge in [0.05, 0.1) is 0 Å². The van der Waals surface area contributed by atoms with Crippen LogP contribution in [0.3, 0.4) is 0 Å². The number of nitrogens with two attached hydrogens (primary N) is 1. The van der Waals surface area contributed by atoms with Crippen LogP contribution < -0.4 is 10.6 Å². The van der Waals surface area contributed by atoms with Crippen LogP contribution in [0.25, 0.3) is 0 Å².